The monoisotopic (exact) mass is 374 g/mol. The minimum Gasteiger partial charge on any atom is -0.348 e. The quantitative estimate of drug-likeness (QED) is 0.714. The van der Waals surface area contributed by atoms with Crippen molar-refractivity contribution in [2.45, 2.75) is 72.4 Å². The molecule has 2 rings (SSSR count). The second-order valence-corrected chi connectivity index (χ2v) is 8.44. The van der Waals surface area contributed by atoms with Crippen molar-refractivity contribution in [2.24, 2.45) is 5.92 Å². The van der Waals surface area contributed by atoms with Crippen molar-refractivity contribution in [2.75, 3.05) is 18.9 Å². The van der Waals surface area contributed by atoms with Gasteiger partial charge in [-0.25, -0.2) is 0 Å². The number of rotatable bonds is 6. The molecule has 1 saturated carbocycles. The van der Waals surface area contributed by atoms with Crippen LogP contribution < -0.4 is 15.5 Å². The molecule has 1 aromatic carbocycles. The number of anilines is 1. The number of hydrogen-bond donors (Lipinski definition) is 3. The van der Waals surface area contributed by atoms with Gasteiger partial charge in [0.25, 0.3) is 11.8 Å². The lowest BCUT2D eigenvalue weighted by Gasteiger charge is -2.31. The van der Waals surface area contributed by atoms with E-state index in [0.29, 0.717) is 5.92 Å². The van der Waals surface area contributed by atoms with Crippen LogP contribution in [0, 0.1) is 26.7 Å². The van der Waals surface area contributed by atoms with Crippen LogP contribution in [0.1, 0.15) is 56.2 Å². The number of amides is 2. The summed E-state index contributed by atoms with van der Waals surface area (Å²) in [5.74, 6) is 0.515. The maximum absolute atomic E-state index is 12.6. The molecular formula is C22H36N3O2+. The molecule has 1 fully saturated rings. The van der Waals surface area contributed by atoms with Gasteiger partial charge in [0, 0.05) is 11.7 Å². The molecule has 0 saturated heterocycles. The van der Waals surface area contributed by atoms with Crippen LogP contribution in [0.3, 0.4) is 0 Å². The molecule has 27 heavy (non-hydrogen) atoms. The fourth-order valence-corrected chi connectivity index (χ4v) is 4.03. The van der Waals surface area contributed by atoms with E-state index in [1.165, 1.54) is 24.8 Å². The normalized spacial score (nSPS) is 22.0. The van der Waals surface area contributed by atoms with Gasteiger partial charge in [-0.1, -0.05) is 37.5 Å². The van der Waals surface area contributed by atoms with E-state index in [1.807, 2.05) is 27.8 Å². The lowest BCUT2D eigenvalue weighted by atomic mass is 9.86. The SMILES string of the molecule is Cc1cc(C)c(NC(=O)C[NH+](C)[C@H](C)C(=O)N[C@@H]2CCCC[C@@H]2C)c(C)c1. The molecule has 0 aromatic heterocycles. The zero-order valence-electron chi connectivity index (χ0n) is 17.7. The van der Waals surface area contributed by atoms with Crippen LogP contribution in [0.15, 0.2) is 12.1 Å². The molecule has 1 aliphatic carbocycles. The number of quaternary nitrogens is 1. The smallest absolute Gasteiger partial charge is 0.279 e. The molecular weight excluding hydrogens is 338 g/mol. The van der Waals surface area contributed by atoms with E-state index in [9.17, 15) is 9.59 Å². The highest BCUT2D eigenvalue weighted by molar-refractivity contribution is 5.93. The van der Waals surface area contributed by atoms with Gasteiger partial charge in [0.2, 0.25) is 0 Å². The molecule has 150 valence electrons. The van der Waals surface area contributed by atoms with Crippen molar-refractivity contribution >= 4 is 17.5 Å². The van der Waals surface area contributed by atoms with E-state index < -0.39 is 0 Å². The maximum Gasteiger partial charge on any atom is 0.279 e. The van der Waals surface area contributed by atoms with Crippen LogP contribution >= 0.6 is 0 Å². The van der Waals surface area contributed by atoms with Crippen molar-refractivity contribution in [3.63, 3.8) is 0 Å². The largest absolute Gasteiger partial charge is 0.348 e. The first kappa shape index (κ1) is 21.4. The summed E-state index contributed by atoms with van der Waals surface area (Å²) in [4.78, 5) is 26.0. The van der Waals surface area contributed by atoms with Crippen LogP contribution in [0.5, 0.6) is 0 Å². The van der Waals surface area contributed by atoms with E-state index >= 15 is 0 Å². The van der Waals surface area contributed by atoms with E-state index in [4.69, 9.17) is 0 Å². The number of carbonyl (C=O) groups excluding carboxylic acids is 2. The summed E-state index contributed by atoms with van der Waals surface area (Å²) in [7, 11) is 1.91. The molecule has 0 spiro atoms. The third-order valence-corrected chi connectivity index (χ3v) is 5.95. The topological polar surface area (TPSA) is 62.6 Å². The number of nitrogens with one attached hydrogen (secondary N) is 3. The van der Waals surface area contributed by atoms with Crippen molar-refractivity contribution in [1.29, 1.82) is 0 Å². The first-order valence-electron chi connectivity index (χ1n) is 10.2. The minimum absolute atomic E-state index is 0.0433. The Bertz CT molecular complexity index is 663. The van der Waals surface area contributed by atoms with E-state index in [-0.39, 0.29) is 30.4 Å². The Morgan fingerprint density at radius 2 is 1.74 bits per heavy atom. The molecule has 1 aromatic rings. The molecule has 0 heterocycles. The van der Waals surface area contributed by atoms with Crippen LogP contribution in [0.25, 0.3) is 0 Å². The standard InChI is InChI=1S/C22H35N3O2/c1-14-11-16(3)21(17(4)12-14)24-20(26)13-25(6)18(5)22(27)23-19-10-8-7-9-15(19)2/h11-12,15,18-19H,7-10,13H2,1-6H3,(H,23,27)(H,24,26)/p+1/t15-,18+,19+/m0/s1. The fraction of sp³-hybridized carbons (Fsp3) is 0.636. The van der Waals surface area contributed by atoms with Gasteiger partial charge in [-0.2, -0.15) is 0 Å². The highest BCUT2D eigenvalue weighted by atomic mass is 16.2. The highest BCUT2D eigenvalue weighted by Crippen LogP contribution is 2.23. The predicted molar refractivity (Wildman–Crippen MR) is 110 cm³/mol. The summed E-state index contributed by atoms with van der Waals surface area (Å²) >= 11 is 0. The summed E-state index contributed by atoms with van der Waals surface area (Å²) in [6.07, 6.45) is 4.68. The number of carbonyl (C=O) groups is 2. The Morgan fingerprint density at radius 1 is 1.15 bits per heavy atom. The van der Waals surface area contributed by atoms with Gasteiger partial charge in [-0.05, 0) is 57.6 Å². The summed E-state index contributed by atoms with van der Waals surface area (Å²) in [6.45, 7) is 10.4. The molecule has 1 aliphatic rings. The molecule has 0 aliphatic heterocycles. The van der Waals surface area contributed by atoms with Gasteiger partial charge in [0.1, 0.15) is 0 Å². The van der Waals surface area contributed by atoms with Gasteiger partial charge < -0.3 is 15.5 Å². The lowest BCUT2D eigenvalue weighted by Crippen LogP contribution is -3.15. The van der Waals surface area contributed by atoms with E-state index in [1.54, 1.807) is 0 Å². The van der Waals surface area contributed by atoms with Crippen LogP contribution in [0.2, 0.25) is 0 Å². The zero-order chi connectivity index (χ0) is 20.1. The van der Waals surface area contributed by atoms with Gasteiger partial charge in [-0.15, -0.1) is 0 Å². The third-order valence-electron chi connectivity index (χ3n) is 5.95. The van der Waals surface area contributed by atoms with Gasteiger partial charge in [0.15, 0.2) is 12.6 Å². The van der Waals surface area contributed by atoms with Crippen molar-refractivity contribution < 1.29 is 14.5 Å². The van der Waals surface area contributed by atoms with Gasteiger partial charge in [-0.3, -0.25) is 9.59 Å². The van der Waals surface area contributed by atoms with Crippen molar-refractivity contribution in [3.05, 3.63) is 28.8 Å². The zero-order valence-corrected chi connectivity index (χ0v) is 17.7. The summed E-state index contributed by atoms with van der Waals surface area (Å²) in [5, 5.41) is 6.23. The molecule has 0 radical (unpaired) electrons. The fourth-order valence-electron chi connectivity index (χ4n) is 4.03. The predicted octanol–water partition coefficient (Wildman–Crippen LogP) is 2.15. The summed E-state index contributed by atoms with van der Waals surface area (Å²) < 4.78 is 0. The number of hydrogen-bond acceptors (Lipinski definition) is 2. The van der Waals surface area contributed by atoms with E-state index in [2.05, 4.69) is 36.6 Å². The molecule has 5 nitrogen and oxygen atoms in total. The Labute approximate surface area is 163 Å². The molecule has 0 bridgehead atoms. The molecule has 5 heteroatoms. The Kier molecular flexibility index (Phi) is 7.42. The number of aryl methyl sites for hydroxylation is 3. The second-order valence-electron chi connectivity index (χ2n) is 8.44. The van der Waals surface area contributed by atoms with Gasteiger partial charge >= 0.3 is 0 Å². The highest BCUT2D eigenvalue weighted by Gasteiger charge is 2.29. The molecule has 4 atom stereocenters. The average Bonchev–Trinajstić information content (AvgIpc) is 2.59. The van der Waals surface area contributed by atoms with Crippen LogP contribution in [-0.4, -0.2) is 37.5 Å². The third kappa shape index (κ3) is 5.80. The van der Waals surface area contributed by atoms with E-state index in [0.717, 1.165) is 28.1 Å². The summed E-state index contributed by atoms with van der Waals surface area (Å²) in [5.41, 5.74) is 4.20. The lowest BCUT2D eigenvalue weighted by molar-refractivity contribution is -0.885. The first-order chi connectivity index (χ1) is 12.7. The molecule has 1 unspecified atom stereocenters. The minimum atomic E-state index is -0.259. The van der Waals surface area contributed by atoms with Gasteiger partial charge in [0.05, 0.1) is 7.05 Å². The van der Waals surface area contributed by atoms with Crippen LogP contribution in [-0.2, 0) is 9.59 Å². The van der Waals surface area contributed by atoms with Crippen molar-refractivity contribution in [3.8, 4) is 0 Å². The number of likely N-dealkylation sites (N-methyl/N-ethyl adjacent to an activating group) is 1. The first-order valence-corrected chi connectivity index (χ1v) is 10.2. The maximum atomic E-state index is 12.6. The Hall–Kier alpha value is -1.88. The molecule has 3 N–H and O–H groups in total. The Balaban J connectivity index is 1.90. The van der Waals surface area contributed by atoms with Crippen LogP contribution in [0.4, 0.5) is 5.69 Å². The number of benzene rings is 1. The Morgan fingerprint density at radius 3 is 2.33 bits per heavy atom. The second kappa shape index (κ2) is 9.36. The molecule has 2 amide bonds. The van der Waals surface area contributed by atoms with Crippen molar-refractivity contribution in [1.82, 2.24) is 5.32 Å². The average molecular weight is 375 g/mol. The summed E-state index contributed by atoms with van der Waals surface area (Å²) in [6, 6.07) is 4.15.